The number of amides is 1. The van der Waals surface area contributed by atoms with Crippen LogP contribution in [-0.2, 0) is 10.0 Å². The molecule has 1 aliphatic heterocycles. The van der Waals surface area contributed by atoms with Crippen molar-refractivity contribution in [3.63, 3.8) is 0 Å². The molecule has 5 nitrogen and oxygen atoms in total. The molecule has 5 aliphatic rings. The Bertz CT molecular complexity index is 914. The van der Waals surface area contributed by atoms with Gasteiger partial charge in [0.05, 0.1) is 4.90 Å². The summed E-state index contributed by atoms with van der Waals surface area (Å²) in [6, 6.07) is 5.11. The first-order valence-electron chi connectivity index (χ1n) is 11.7. The summed E-state index contributed by atoms with van der Waals surface area (Å²) in [6.07, 6.45) is 10.3. The Morgan fingerprint density at radius 1 is 1.00 bits per heavy atom. The highest BCUT2D eigenvalue weighted by Crippen LogP contribution is 2.57. The molecule has 6 rings (SSSR count). The lowest BCUT2D eigenvalue weighted by molar-refractivity contribution is -0.0665. The number of hydrogen-bond acceptors (Lipinski definition) is 3. The molecule has 0 atom stereocenters. The van der Waals surface area contributed by atoms with E-state index in [1.54, 1.807) is 22.5 Å². The van der Waals surface area contributed by atoms with Gasteiger partial charge in [-0.15, -0.1) is 0 Å². The Labute approximate surface area is 180 Å². The minimum absolute atomic E-state index is 0.00913. The molecule has 164 valence electrons. The largest absolute Gasteiger partial charge is 0.336 e. The van der Waals surface area contributed by atoms with Gasteiger partial charge in [0, 0.05) is 31.2 Å². The molecule has 1 amide bonds. The highest BCUT2D eigenvalue weighted by Gasteiger charge is 2.53. The van der Waals surface area contributed by atoms with E-state index in [-0.39, 0.29) is 16.3 Å². The van der Waals surface area contributed by atoms with Gasteiger partial charge in [-0.25, -0.2) is 8.42 Å². The lowest BCUT2D eigenvalue weighted by Crippen LogP contribution is -2.60. The zero-order valence-electron chi connectivity index (χ0n) is 18.3. The van der Waals surface area contributed by atoms with E-state index in [0.29, 0.717) is 18.7 Å². The van der Waals surface area contributed by atoms with Gasteiger partial charge in [-0.1, -0.05) is 12.5 Å². The van der Waals surface area contributed by atoms with E-state index in [2.05, 4.69) is 0 Å². The van der Waals surface area contributed by atoms with Gasteiger partial charge in [0.1, 0.15) is 0 Å². The number of carbonyl (C=O) groups is 1. The number of benzene rings is 1. The van der Waals surface area contributed by atoms with E-state index in [9.17, 15) is 13.2 Å². The molecule has 1 aromatic carbocycles. The molecule has 30 heavy (non-hydrogen) atoms. The van der Waals surface area contributed by atoms with Crippen LogP contribution in [0.1, 0.15) is 73.7 Å². The standard InChI is InChI=1S/C24H34N2O3S/c1-17-6-7-21(30(28,29)26-8-4-3-5-9-26)13-22(17)23(27)25(2)24-14-18-10-19(15-24)12-20(11-18)16-24/h6-7,13,18-20H,3-5,8-12,14-16H2,1-2H3. The average molecular weight is 431 g/mol. The van der Waals surface area contributed by atoms with Crippen molar-refractivity contribution in [2.24, 2.45) is 17.8 Å². The third-order valence-corrected chi connectivity index (χ3v) is 10.3. The fraction of sp³-hybridized carbons (Fsp3) is 0.708. The second kappa shape index (κ2) is 7.33. The summed E-state index contributed by atoms with van der Waals surface area (Å²) >= 11 is 0. The zero-order valence-corrected chi connectivity index (χ0v) is 19.1. The van der Waals surface area contributed by atoms with Crippen LogP contribution < -0.4 is 0 Å². The molecular formula is C24H34N2O3S. The SMILES string of the molecule is Cc1ccc(S(=O)(=O)N2CCCCC2)cc1C(=O)N(C)C12CC3CC(CC(C3)C1)C2. The van der Waals surface area contributed by atoms with Crippen molar-refractivity contribution >= 4 is 15.9 Å². The summed E-state index contributed by atoms with van der Waals surface area (Å²) < 4.78 is 27.9. The molecule has 0 radical (unpaired) electrons. The van der Waals surface area contributed by atoms with E-state index >= 15 is 0 Å². The second-order valence-electron chi connectivity index (χ2n) is 10.4. The van der Waals surface area contributed by atoms with Gasteiger partial charge in [0.2, 0.25) is 10.0 Å². The van der Waals surface area contributed by atoms with Crippen LogP contribution in [0.25, 0.3) is 0 Å². The smallest absolute Gasteiger partial charge is 0.254 e. The summed E-state index contributed by atoms with van der Waals surface area (Å²) in [6.45, 7) is 3.07. The predicted octanol–water partition coefficient (Wildman–Crippen LogP) is 4.21. The Morgan fingerprint density at radius 3 is 2.13 bits per heavy atom. The molecular weight excluding hydrogens is 396 g/mol. The molecule has 0 N–H and O–H groups in total. The molecule has 6 heteroatoms. The number of piperidine rings is 1. The topological polar surface area (TPSA) is 57.7 Å². The number of carbonyl (C=O) groups excluding carboxylic acids is 1. The fourth-order valence-electron chi connectivity index (χ4n) is 7.12. The van der Waals surface area contributed by atoms with Crippen molar-refractivity contribution in [2.45, 2.75) is 75.1 Å². The Morgan fingerprint density at radius 2 is 1.57 bits per heavy atom. The molecule has 0 unspecified atom stereocenters. The van der Waals surface area contributed by atoms with E-state index in [4.69, 9.17) is 0 Å². The predicted molar refractivity (Wildman–Crippen MR) is 117 cm³/mol. The van der Waals surface area contributed by atoms with Crippen molar-refractivity contribution in [1.82, 2.24) is 9.21 Å². The first-order valence-corrected chi connectivity index (χ1v) is 13.1. The van der Waals surface area contributed by atoms with E-state index in [1.165, 1.54) is 19.3 Å². The Kier molecular flexibility index (Phi) is 5.01. The lowest BCUT2D eigenvalue weighted by Gasteiger charge is -2.59. The van der Waals surface area contributed by atoms with Crippen LogP contribution in [0.4, 0.5) is 0 Å². The third kappa shape index (κ3) is 3.31. The van der Waals surface area contributed by atoms with Crippen LogP contribution in [0.15, 0.2) is 23.1 Å². The van der Waals surface area contributed by atoms with Gasteiger partial charge in [0.15, 0.2) is 0 Å². The summed E-state index contributed by atoms with van der Waals surface area (Å²) in [4.78, 5) is 15.9. The van der Waals surface area contributed by atoms with Crippen LogP contribution in [-0.4, -0.2) is 49.2 Å². The minimum Gasteiger partial charge on any atom is -0.336 e. The molecule has 4 saturated carbocycles. The van der Waals surface area contributed by atoms with Gasteiger partial charge < -0.3 is 4.90 Å². The quantitative estimate of drug-likeness (QED) is 0.719. The lowest BCUT2D eigenvalue weighted by atomic mass is 9.52. The zero-order chi connectivity index (χ0) is 21.1. The molecule has 4 bridgehead atoms. The summed E-state index contributed by atoms with van der Waals surface area (Å²) in [5.74, 6) is 2.28. The number of nitrogens with zero attached hydrogens (tertiary/aromatic N) is 2. The molecule has 1 saturated heterocycles. The Balaban J connectivity index is 1.44. The fourth-order valence-corrected chi connectivity index (χ4v) is 8.66. The molecule has 0 aromatic heterocycles. The first-order chi connectivity index (χ1) is 14.3. The van der Waals surface area contributed by atoms with Gasteiger partial charge >= 0.3 is 0 Å². The van der Waals surface area contributed by atoms with E-state index in [1.807, 2.05) is 18.9 Å². The number of hydrogen-bond donors (Lipinski definition) is 0. The average Bonchev–Trinajstić information content (AvgIpc) is 2.72. The van der Waals surface area contributed by atoms with Gasteiger partial charge in [-0.05, 0) is 93.7 Å². The van der Waals surface area contributed by atoms with Crippen molar-refractivity contribution in [3.8, 4) is 0 Å². The molecule has 1 aromatic rings. The minimum atomic E-state index is -3.54. The molecule has 0 spiro atoms. The van der Waals surface area contributed by atoms with Crippen LogP contribution in [0.2, 0.25) is 0 Å². The third-order valence-electron chi connectivity index (χ3n) is 8.41. The van der Waals surface area contributed by atoms with Crippen LogP contribution in [0.3, 0.4) is 0 Å². The van der Waals surface area contributed by atoms with E-state index < -0.39 is 10.0 Å². The number of rotatable bonds is 4. The Hall–Kier alpha value is -1.40. The van der Waals surface area contributed by atoms with Crippen molar-refractivity contribution in [1.29, 1.82) is 0 Å². The monoisotopic (exact) mass is 430 g/mol. The molecule has 1 heterocycles. The molecule has 4 aliphatic carbocycles. The number of aryl methyl sites for hydroxylation is 1. The van der Waals surface area contributed by atoms with Gasteiger partial charge in [0.25, 0.3) is 5.91 Å². The highest BCUT2D eigenvalue weighted by atomic mass is 32.2. The normalized spacial score (nSPS) is 33.6. The summed E-state index contributed by atoms with van der Waals surface area (Å²) in [5.41, 5.74) is 1.38. The number of sulfonamides is 1. The second-order valence-corrected chi connectivity index (χ2v) is 12.4. The maximum Gasteiger partial charge on any atom is 0.254 e. The first kappa shape index (κ1) is 20.5. The summed E-state index contributed by atoms with van der Waals surface area (Å²) in [7, 11) is -1.58. The van der Waals surface area contributed by atoms with Crippen molar-refractivity contribution < 1.29 is 13.2 Å². The maximum absolute atomic E-state index is 13.7. The van der Waals surface area contributed by atoms with Crippen molar-refractivity contribution in [2.75, 3.05) is 20.1 Å². The van der Waals surface area contributed by atoms with Gasteiger partial charge in [-0.2, -0.15) is 4.31 Å². The van der Waals surface area contributed by atoms with Crippen LogP contribution in [0, 0.1) is 24.7 Å². The molecule has 5 fully saturated rings. The van der Waals surface area contributed by atoms with Crippen molar-refractivity contribution in [3.05, 3.63) is 29.3 Å². The summed E-state index contributed by atoms with van der Waals surface area (Å²) in [5, 5.41) is 0. The van der Waals surface area contributed by atoms with Crippen LogP contribution >= 0.6 is 0 Å². The maximum atomic E-state index is 13.7. The van der Waals surface area contributed by atoms with Gasteiger partial charge in [-0.3, -0.25) is 4.79 Å². The van der Waals surface area contributed by atoms with E-state index in [0.717, 1.165) is 61.8 Å². The van der Waals surface area contributed by atoms with Crippen LogP contribution in [0.5, 0.6) is 0 Å². The highest BCUT2D eigenvalue weighted by molar-refractivity contribution is 7.89.